The third-order valence-corrected chi connectivity index (χ3v) is 7.07. The summed E-state index contributed by atoms with van der Waals surface area (Å²) in [5.74, 6) is 0.509. The van der Waals surface area contributed by atoms with Crippen molar-refractivity contribution in [2.45, 2.75) is 64.6 Å². The van der Waals surface area contributed by atoms with Crippen LogP contribution in [0, 0.1) is 0 Å². The van der Waals surface area contributed by atoms with Crippen molar-refractivity contribution in [3.63, 3.8) is 0 Å². The lowest BCUT2D eigenvalue weighted by atomic mass is 9.78. The van der Waals surface area contributed by atoms with Crippen molar-refractivity contribution in [1.29, 1.82) is 0 Å². The lowest BCUT2D eigenvalue weighted by Gasteiger charge is -2.32. The molecule has 1 fully saturated rings. The van der Waals surface area contributed by atoms with Crippen LogP contribution in [0.2, 0.25) is 0 Å². The largest absolute Gasteiger partial charge is 0.494 e. The quantitative estimate of drug-likeness (QED) is 0.569. The molecule has 4 nitrogen and oxygen atoms in total. The highest BCUT2D eigenvalue weighted by Gasteiger charge is 2.51. The van der Waals surface area contributed by atoms with Gasteiger partial charge in [-0.1, -0.05) is 40.2 Å². The second kappa shape index (κ2) is 7.74. The van der Waals surface area contributed by atoms with Gasteiger partial charge in [-0.3, -0.25) is 9.59 Å². The predicted molar refractivity (Wildman–Crippen MR) is 122 cm³/mol. The van der Waals surface area contributed by atoms with Crippen molar-refractivity contribution >= 4 is 40.1 Å². The van der Waals surface area contributed by atoms with Crippen LogP contribution in [0.4, 0.5) is 0 Å². The van der Waals surface area contributed by atoms with Crippen LogP contribution in [-0.2, 0) is 22.2 Å². The summed E-state index contributed by atoms with van der Waals surface area (Å²) in [6.07, 6.45) is 3.09. The Morgan fingerprint density at radius 1 is 0.767 bits per heavy atom. The third kappa shape index (κ3) is 3.93. The molecule has 0 bridgehead atoms. The van der Waals surface area contributed by atoms with E-state index in [-0.39, 0.29) is 29.9 Å². The Hall–Kier alpha value is -1.76. The normalized spacial score (nSPS) is 20.6. The van der Waals surface area contributed by atoms with E-state index in [1.807, 2.05) is 64.1 Å². The first-order chi connectivity index (χ1) is 14.1. The van der Waals surface area contributed by atoms with Crippen LogP contribution < -0.4 is 5.46 Å². The first kappa shape index (κ1) is 21.5. The average molecular weight is 469 g/mol. The molecule has 5 rings (SSSR count). The van der Waals surface area contributed by atoms with Crippen LogP contribution in [0.3, 0.4) is 0 Å². The van der Waals surface area contributed by atoms with Crippen LogP contribution >= 0.6 is 15.9 Å². The van der Waals surface area contributed by atoms with Crippen LogP contribution in [0.15, 0.2) is 40.9 Å². The maximum Gasteiger partial charge on any atom is 0.494 e. The van der Waals surface area contributed by atoms with Crippen molar-refractivity contribution in [3.05, 3.63) is 63.1 Å². The number of hydrogen-bond acceptors (Lipinski definition) is 4. The Labute approximate surface area is 186 Å². The summed E-state index contributed by atoms with van der Waals surface area (Å²) in [6.45, 7) is 8.13. The fourth-order valence-electron chi connectivity index (χ4n) is 3.99. The number of Topliss-reactive ketones (excluding diaryl/α,β-unsaturated/α-hetero) is 2. The van der Waals surface area contributed by atoms with Gasteiger partial charge >= 0.3 is 7.12 Å². The SMILES string of the molecule is CC1(C)OB(c2ccc3c(c2)C(=O)CC3)OC1(C)C.O=C1CCc2ccc(Br)cc21. The van der Waals surface area contributed by atoms with E-state index >= 15 is 0 Å². The second-order valence-electron chi connectivity index (χ2n) is 9.15. The highest BCUT2D eigenvalue weighted by molar-refractivity contribution is 9.10. The summed E-state index contributed by atoms with van der Waals surface area (Å²) in [5.41, 5.74) is 4.32. The number of fused-ring (bicyclic) bond motifs is 2. The van der Waals surface area contributed by atoms with E-state index in [9.17, 15) is 9.59 Å². The van der Waals surface area contributed by atoms with E-state index in [0.717, 1.165) is 39.5 Å². The minimum Gasteiger partial charge on any atom is -0.399 e. The highest BCUT2D eigenvalue weighted by atomic mass is 79.9. The van der Waals surface area contributed by atoms with Crippen molar-refractivity contribution < 1.29 is 18.9 Å². The Bertz CT molecular complexity index is 1010. The zero-order chi connectivity index (χ0) is 21.7. The zero-order valence-electron chi connectivity index (χ0n) is 17.9. The fourth-order valence-corrected chi connectivity index (χ4v) is 4.35. The van der Waals surface area contributed by atoms with Crippen LogP contribution in [0.25, 0.3) is 0 Å². The minimum absolute atomic E-state index is 0.230. The van der Waals surface area contributed by atoms with Gasteiger partial charge in [0.05, 0.1) is 11.2 Å². The Morgan fingerprint density at radius 3 is 1.83 bits per heavy atom. The van der Waals surface area contributed by atoms with E-state index in [1.165, 1.54) is 5.56 Å². The van der Waals surface area contributed by atoms with Crippen molar-refractivity contribution in [1.82, 2.24) is 0 Å². The molecule has 6 heteroatoms. The van der Waals surface area contributed by atoms with Gasteiger partial charge in [-0.15, -0.1) is 0 Å². The number of carbonyl (C=O) groups is 2. The molecule has 0 radical (unpaired) electrons. The monoisotopic (exact) mass is 468 g/mol. The van der Waals surface area contributed by atoms with Crippen molar-refractivity contribution in [2.24, 2.45) is 0 Å². The first-order valence-corrected chi connectivity index (χ1v) is 11.2. The molecule has 2 aliphatic carbocycles. The molecular formula is C24H26BBrO4. The minimum atomic E-state index is -0.385. The number of benzene rings is 2. The molecule has 156 valence electrons. The topological polar surface area (TPSA) is 52.6 Å². The molecule has 1 saturated heterocycles. The van der Waals surface area contributed by atoms with Gasteiger partial charge in [0.25, 0.3) is 0 Å². The number of carbonyl (C=O) groups excluding carboxylic acids is 2. The smallest absolute Gasteiger partial charge is 0.399 e. The zero-order valence-corrected chi connectivity index (χ0v) is 19.5. The molecular weight excluding hydrogens is 443 g/mol. The Kier molecular flexibility index (Phi) is 5.54. The van der Waals surface area contributed by atoms with E-state index in [1.54, 1.807) is 0 Å². The van der Waals surface area contributed by atoms with Crippen LogP contribution in [0.5, 0.6) is 0 Å². The molecule has 3 aliphatic rings. The molecule has 30 heavy (non-hydrogen) atoms. The van der Waals surface area contributed by atoms with Gasteiger partial charge < -0.3 is 9.31 Å². The fraction of sp³-hybridized carbons (Fsp3) is 0.417. The van der Waals surface area contributed by atoms with Gasteiger partial charge in [-0.05, 0) is 69.3 Å². The van der Waals surface area contributed by atoms with Crippen LogP contribution in [0.1, 0.15) is 72.4 Å². The van der Waals surface area contributed by atoms with E-state index < -0.39 is 0 Å². The Balaban J connectivity index is 0.000000168. The second-order valence-corrected chi connectivity index (χ2v) is 10.1. The molecule has 0 N–H and O–H groups in total. The van der Waals surface area contributed by atoms with Crippen molar-refractivity contribution in [2.75, 3.05) is 0 Å². The molecule has 1 aliphatic heterocycles. The van der Waals surface area contributed by atoms with Gasteiger partial charge in [-0.25, -0.2) is 0 Å². The van der Waals surface area contributed by atoms with Gasteiger partial charge in [0, 0.05) is 28.4 Å². The highest BCUT2D eigenvalue weighted by Crippen LogP contribution is 2.36. The molecule has 0 amide bonds. The van der Waals surface area contributed by atoms with Gasteiger partial charge in [0.2, 0.25) is 0 Å². The number of aryl methyl sites for hydroxylation is 2. The number of rotatable bonds is 1. The molecule has 0 aromatic heterocycles. The summed E-state index contributed by atoms with van der Waals surface area (Å²) in [5, 5.41) is 0. The van der Waals surface area contributed by atoms with E-state index in [4.69, 9.17) is 9.31 Å². The van der Waals surface area contributed by atoms with E-state index in [2.05, 4.69) is 15.9 Å². The lowest BCUT2D eigenvalue weighted by Crippen LogP contribution is -2.41. The van der Waals surface area contributed by atoms with E-state index in [0.29, 0.717) is 12.8 Å². The third-order valence-electron chi connectivity index (χ3n) is 6.57. The van der Waals surface area contributed by atoms with Crippen molar-refractivity contribution in [3.8, 4) is 0 Å². The summed E-state index contributed by atoms with van der Waals surface area (Å²) in [7, 11) is -0.385. The first-order valence-electron chi connectivity index (χ1n) is 10.4. The number of ketones is 2. The van der Waals surface area contributed by atoms with Gasteiger partial charge in [-0.2, -0.15) is 0 Å². The Morgan fingerprint density at radius 2 is 1.27 bits per heavy atom. The average Bonchev–Trinajstić information content (AvgIpc) is 3.30. The lowest BCUT2D eigenvalue weighted by molar-refractivity contribution is 0.00578. The molecule has 0 saturated carbocycles. The van der Waals surface area contributed by atoms with Gasteiger partial charge in [0.1, 0.15) is 0 Å². The standard InChI is InChI=1S/C15H19BO3.C9H7BrO/c1-14(2)15(3,4)19-16(18-14)11-7-5-10-6-8-13(17)12(10)9-11;10-7-3-1-6-2-4-9(11)8(6)5-7/h5,7,9H,6,8H2,1-4H3;1,3,5H,2,4H2. The maximum atomic E-state index is 11.8. The summed E-state index contributed by atoms with van der Waals surface area (Å²) < 4.78 is 13.0. The molecule has 2 aromatic rings. The molecule has 1 heterocycles. The number of hydrogen-bond donors (Lipinski definition) is 0. The van der Waals surface area contributed by atoms with Gasteiger partial charge in [0.15, 0.2) is 11.6 Å². The van der Waals surface area contributed by atoms with Crippen LogP contribution in [-0.4, -0.2) is 29.9 Å². The molecule has 0 unspecified atom stereocenters. The molecule has 0 atom stereocenters. The molecule has 0 spiro atoms. The number of halogens is 1. The molecule has 2 aromatic carbocycles. The summed E-state index contributed by atoms with van der Waals surface area (Å²) in [4.78, 5) is 23.0. The summed E-state index contributed by atoms with van der Waals surface area (Å²) in [6, 6.07) is 11.9. The summed E-state index contributed by atoms with van der Waals surface area (Å²) >= 11 is 3.34. The predicted octanol–water partition coefficient (Wildman–Crippen LogP) is 4.69. The maximum absolute atomic E-state index is 11.8.